The summed E-state index contributed by atoms with van der Waals surface area (Å²) in [5.41, 5.74) is 1.51. The summed E-state index contributed by atoms with van der Waals surface area (Å²) in [6.45, 7) is 1.99. The number of rotatable bonds is 5. The first-order valence-corrected chi connectivity index (χ1v) is 9.25. The predicted octanol–water partition coefficient (Wildman–Crippen LogP) is 2.01. The standard InChI is InChI=1S/C17H16N2O5S/c1-2-24-16(20)12-5-3-11(4-6-12)10-25(22,23)13-7-8-14-15(9-13)19-17(21)18-14/h3-9H,2,10H2,1H3,(H2,18,19,21). The summed E-state index contributed by atoms with van der Waals surface area (Å²) in [4.78, 5) is 28.1. The van der Waals surface area contributed by atoms with Gasteiger partial charge in [0.05, 0.1) is 33.9 Å². The number of ether oxygens (including phenoxy) is 1. The molecule has 0 saturated heterocycles. The van der Waals surface area contributed by atoms with Gasteiger partial charge in [-0.05, 0) is 42.8 Å². The van der Waals surface area contributed by atoms with Gasteiger partial charge in [-0.3, -0.25) is 0 Å². The maximum atomic E-state index is 12.6. The Morgan fingerprint density at radius 2 is 1.72 bits per heavy atom. The molecule has 25 heavy (non-hydrogen) atoms. The van der Waals surface area contributed by atoms with Crippen LogP contribution in [0, 0.1) is 0 Å². The quantitative estimate of drug-likeness (QED) is 0.677. The lowest BCUT2D eigenvalue weighted by Gasteiger charge is -2.06. The van der Waals surface area contributed by atoms with Crippen LogP contribution in [0.1, 0.15) is 22.8 Å². The van der Waals surface area contributed by atoms with Crippen molar-refractivity contribution in [2.75, 3.05) is 6.61 Å². The zero-order valence-corrected chi connectivity index (χ0v) is 14.2. The van der Waals surface area contributed by atoms with Gasteiger partial charge in [-0.2, -0.15) is 0 Å². The average Bonchev–Trinajstić information content (AvgIpc) is 2.94. The summed E-state index contributed by atoms with van der Waals surface area (Å²) in [5, 5.41) is 0. The third-order valence-electron chi connectivity index (χ3n) is 3.67. The van der Waals surface area contributed by atoms with Crippen molar-refractivity contribution in [1.29, 1.82) is 0 Å². The van der Waals surface area contributed by atoms with Crippen molar-refractivity contribution < 1.29 is 17.9 Å². The van der Waals surface area contributed by atoms with E-state index in [-0.39, 0.29) is 22.9 Å². The van der Waals surface area contributed by atoms with E-state index in [0.717, 1.165) is 0 Å². The topological polar surface area (TPSA) is 109 Å². The number of aromatic amines is 2. The monoisotopic (exact) mass is 360 g/mol. The van der Waals surface area contributed by atoms with Crippen molar-refractivity contribution in [2.45, 2.75) is 17.6 Å². The number of nitrogens with one attached hydrogen (secondary N) is 2. The first-order valence-electron chi connectivity index (χ1n) is 7.60. The van der Waals surface area contributed by atoms with Crippen LogP contribution < -0.4 is 5.69 Å². The van der Waals surface area contributed by atoms with Crippen molar-refractivity contribution in [3.8, 4) is 0 Å². The van der Waals surface area contributed by atoms with Gasteiger partial charge in [0.15, 0.2) is 9.84 Å². The number of esters is 1. The van der Waals surface area contributed by atoms with Gasteiger partial charge in [-0.15, -0.1) is 0 Å². The van der Waals surface area contributed by atoms with Crippen LogP contribution in [0.25, 0.3) is 11.0 Å². The zero-order chi connectivity index (χ0) is 18.0. The van der Waals surface area contributed by atoms with E-state index in [4.69, 9.17) is 4.74 Å². The average molecular weight is 360 g/mol. The lowest BCUT2D eigenvalue weighted by molar-refractivity contribution is 0.0526. The zero-order valence-electron chi connectivity index (χ0n) is 13.4. The van der Waals surface area contributed by atoms with Crippen molar-refractivity contribution in [3.63, 3.8) is 0 Å². The molecule has 0 spiro atoms. The molecule has 0 bridgehead atoms. The molecule has 130 valence electrons. The number of benzene rings is 2. The molecule has 0 aliphatic rings. The molecule has 0 saturated carbocycles. The third kappa shape index (κ3) is 3.63. The van der Waals surface area contributed by atoms with Crippen LogP contribution in [0.5, 0.6) is 0 Å². The van der Waals surface area contributed by atoms with E-state index in [9.17, 15) is 18.0 Å². The van der Waals surface area contributed by atoms with E-state index in [1.807, 2.05) is 0 Å². The van der Waals surface area contributed by atoms with Crippen LogP contribution in [0.2, 0.25) is 0 Å². The summed E-state index contributed by atoms with van der Waals surface area (Å²) in [7, 11) is -3.59. The van der Waals surface area contributed by atoms with Crippen LogP contribution in [-0.2, 0) is 20.3 Å². The van der Waals surface area contributed by atoms with E-state index in [2.05, 4.69) is 9.97 Å². The number of hydrogen-bond donors (Lipinski definition) is 2. The van der Waals surface area contributed by atoms with Gasteiger partial charge in [0.1, 0.15) is 0 Å². The number of sulfone groups is 1. The maximum absolute atomic E-state index is 12.6. The van der Waals surface area contributed by atoms with Gasteiger partial charge < -0.3 is 14.7 Å². The summed E-state index contributed by atoms with van der Waals surface area (Å²) in [6.07, 6.45) is 0. The summed E-state index contributed by atoms with van der Waals surface area (Å²) >= 11 is 0. The molecule has 2 N–H and O–H groups in total. The first-order chi connectivity index (χ1) is 11.9. The van der Waals surface area contributed by atoms with Crippen LogP contribution in [-0.4, -0.2) is 31.0 Å². The Morgan fingerprint density at radius 1 is 1.04 bits per heavy atom. The molecule has 0 amide bonds. The van der Waals surface area contributed by atoms with Crippen molar-refractivity contribution in [3.05, 3.63) is 64.1 Å². The van der Waals surface area contributed by atoms with E-state index >= 15 is 0 Å². The van der Waals surface area contributed by atoms with Crippen LogP contribution in [0.4, 0.5) is 0 Å². The molecule has 3 aromatic rings. The van der Waals surface area contributed by atoms with Crippen molar-refractivity contribution in [2.24, 2.45) is 0 Å². The Hall–Kier alpha value is -2.87. The molecule has 7 nitrogen and oxygen atoms in total. The van der Waals surface area contributed by atoms with E-state index in [1.165, 1.54) is 24.3 Å². The molecule has 0 atom stereocenters. The number of aromatic nitrogens is 2. The summed E-state index contributed by atoms with van der Waals surface area (Å²) in [5.74, 6) is -0.658. The molecule has 1 heterocycles. The maximum Gasteiger partial charge on any atom is 0.338 e. The van der Waals surface area contributed by atoms with Gasteiger partial charge in [0.25, 0.3) is 0 Å². The molecule has 8 heteroatoms. The van der Waals surface area contributed by atoms with Crippen molar-refractivity contribution >= 4 is 26.8 Å². The Balaban J connectivity index is 1.84. The van der Waals surface area contributed by atoms with Gasteiger partial charge in [-0.25, -0.2) is 18.0 Å². The lowest BCUT2D eigenvalue weighted by atomic mass is 10.1. The Labute approximate surface area is 143 Å². The molecule has 0 aliphatic heterocycles. The molecule has 0 aliphatic carbocycles. The minimum Gasteiger partial charge on any atom is -0.462 e. The highest BCUT2D eigenvalue weighted by Crippen LogP contribution is 2.20. The second-order valence-electron chi connectivity index (χ2n) is 5.46. The molecule has 0 unspecified atom stereocenters. The fourth-order valence-electron chi connectivity index (χ4n) is 2.46. The largest absolute Gasteiger partial charge is 0.462 e. The number of H-pyrrole nitrogens is 2. The fourth-order valence-corrected chi connectivity index (χ4v) is 3.83. The number of carbonyl (C=O) groups is 1. The molecule has 3 rings (SSSR count). The van der Waals surface area contributed by atoms with Gasteiger partial charge in [-0.1, -0.05) is 12.1 Å². The van der Waals surface area contributed by atoms with E-state index in [1.54, 1.807) is 25.1 Å². The fraction of sp³-hybridized carbons (Fsp3) is 0.176. The predicted molar refractivity (Wildman–Crippen MR) is 92.2 cm³/mol. The molecule has 1 aromatic heterocycles. The minimum atomic E-state index is -3.59. The number of carbonyl (C=O) groups excluding carboxylic acids is 1. The van der Waals surface area contributed by atoms with Gasteiger partial charge in [0.2, 0.25) is 0 Å². The van der Waals surface area contributed by atoms with Gasteiger partial charge in [0, 0.05) is 0 Å². The van der Waals surface area contributed by atoms with Crippen molar-refractivity contribution in [1.82, 2.24) is 9.97 Å². The highest BCUT2D eigenvalue weighted by atomic mass is 32.2. The highest BCUT2D eigenvalue weighted by molar-refractivity contribution is 7.90. The van der Waals surface area contributed by atoms with Crippen LogP contribution in [0.3, 0.4) is 0 Å². The third-order valence-corrected chi connectivity index (χ3v) is 5.35. The normalized spacial score (nSPS) is 11.6. The molecule has 2 aromatic carbocycles. The number of hydrogen-bond acceptors (Lipinski definition) is 5. The molecular formula is C17H16N2O5S. The minimum absolute atomic E-state index is 0.115. The Kier molecular flexibility index (Phi) is 4.45. The first kappa shape index (κ1) is 17.0. The van der Waals surface area contributed by atoms with Crippen LogP contribution in [0.15, 0.2) is 52.2 Å². The number of fused-ring (bicyclic) bond motifs is 1. The summed E-state index contributed by atoms with van der Waals surface area (Å²) in [6, 6.07) is 10.7. The number of imidazole rings is 1. The molecule has 0 radical (unpaired) electrons. The molecular weight excluding hydrogens is 344 g/mol. The molecule has 0 fully saturated rings. The van der Waals surface area contributed by atoms with E-state index < -0.39 is 15.8 Å². The lowest BCUT2D eigenvalue weighted by Crippen LogP contribution is -2.07. The Morgan fingerprint density at radius 3 is 2.40 bits per heavy atom. The van der Waals surface area contributed by atoms with Gasteiger partial charge >= 0.3 is 11.7 Å². The SMILES string of the molecule is CCOC(=O)c1ccc(CS(=O)(=O)c2ccc3[nH]c(=O)[nH]c3c2)cc1. The van der Waals surface area contributed by atoms with E-state index in [0.29, 0.717) is 22.2 Å². The second-order valence-corrected chi connectivity index (χ2v) is 7.45. The highest BCUT2D eigenvalue weighted by Gasteiger charge is 2.17. The summed E-state index contributed by atoms with van der Waals surface area (Å²) < 4.78 is 30.1. The smallest absolute Gasteiger partial charge is 0.338 e. The van der Waals surface area contributed by atoms with Crippen LogP contribution >= 0.6 is 0 Å². The Bertz CT molecular complexity index is 1080. The second kappa shape index (κ2) is 6.56.